The Morgan fingerprint density at radius 1 is 1.19 bits per heavy atom. The molecule has 2 aromatic carbocycles. The van der Waals surface area contributed by atoms with Crippen molar-refractivity contribution in [3.8, 4) is 5.75 Å². The van der Waals surface area contributed by atoms with E-state index in [1.165, 1.54) is 24.3 Å². The summed E-state index contributed by atoms with van der Waals surface area (Å²) >= 11 is 5.91. The molecule has 0 saturated heterocycles. The van der Waals surface area contributed by atoms with Crippen molar-refractivity contribution < 1.29 is 24.0 Å². The number of halogens is 1. The SMILES string of the molecule is C[C@H](NC(=O)COC(=O)COc1ccc([N+](=O)[O-])cc1)c1cccc(Cl)c1. The number of amides is 1. The molecule has 1 atom stereocenters. The number of nitrogens with zero attached hydrogens (tertiary/aromatic N) is 1. The summed E-state index contributed by atoms with van der Waals surface area (Å²) in [5.41, 5.74) is 0.735. The van der Waals surface area contributed by atoms with Crippen molar-refractivity contribution in [1.82, 2.24) is 5.32 Å². The Labute approximate surface area is 160 Å². The van der Waals surface area contributed by atoms with Gasteiger partial charge in [-0.15, -0.1) is 0 Å². The highest BCUT2D eigenvalue weighted by Crippen LogP contribution is 2.18. The van der Waals surface area contributed by atoms with Gasteiger partial charge in [0.1, 0.15) is 5.75 Å². The molecular formula is C18H17ClN2O6. The summed E-state index contributed by atoms with van der Waals surface area (Å²) in [7, 11) is 0. The molecule has 1 N–H and O–H groups in total. The monoisotopic (exact) mass is 392 g/mol. The number of benzene rings is 2. The Hall–Kier alpha value is -3.13. The number of rotatable bonds is 8. The van der Waals surface area contributed by atoms with Gasteiger partial charge in [-0.05, 0) is 36.8 Å². The van der Waals surface area contributed by atoms with Crippen LogP contribution in [0.4, 0.5) is 5.69 Å². The molecule has 0 aliphatic carbocycles. The lowest BCUT2D eigenvalue weighted by Crippen LogP contribution is -2.31. The van der Waals surface area contributed by atoms with Crippen molar-refractivity contribution in [3.63, 3.8) is 0 Å². The van der Waals surface area contributed by atoms with Gasteiger partial charge in [0, 0.05) is 17.2 Å². The van der Waals surface area contributed by atoms with E-state index in [0.717, 1.165) is 5.56 Å². The lowest BCUT2D eigenvalue weighted by atomic mass is 10.1. The van der Waals surface area contributed by atoms with Crippen LogP contribution in [0.5, 0.6) is 5.75 Å². The summed E-state index contributed by atoms with van der Waals surface area (Å²) in [6.07, 6.45) is 0. The third kappa shape index (κ3) is 6.59. The van der Waals surface area contributed by atoms with Crippen LogP contribution in [0.15, 0.2) is 48.5 Å². The zero-order valence-corrected chi connectivity index (χ0v) is 15.1. The fraction of sp³-hybridized carbons (Fsp3) is 0.222. The molecular weight excluding hydrogens is 376 g/mol. The molecule has 8 nitrogen and oxygen atoms in total. The lowest BCUT2D eigenvalue weighted by Gasteiger charge is -2.14. The molecule has 0 saturated carbocycles. The number of carbonyl (C=O) groups excluding carboxylic acids is 2. The second kappa shape index (κ2) is 9.54. The van der Waals surface area contributed by atoms with E-state index in [9.17, 15) is 19.7 Å². The third-order valence-corrected chi connectivity index (χ3v) is 3.73. The van der Waals surface area contributed by atoms with Crippen molar-refractivity contribution in [2.45, 2.75) is 13.0 Å². The average molecular weight is 393 g/mol. The number of nitrogens with one attached hydrogen (secondary N) is 1. The number of nitro groups is 1. The van der Waals surface area contributed by atoms with E-state index in [0.29, 0.717) is 5.02 Å². The van der Waals surface area contributed by atoms with E-state index in [-0.39, 0.29) is 17.5 Å². The Bertz CT molecular complexity index is 825. The average Bonchev–Trinajstić information content (AvgIpc) is 2.65. The number of esters is 1. The number of nitro benzene ring substituents is 1. The molecule has 0 bridgehead atoms. The number of non-ortho nitro benzene ring substituents is 1. The first-order chi connectivity index (χ1) is 12.8. The van der Waals surface area contributed by atoms with Crippen molar-refractivity contribution >= 4 is 29.2 Å². The summed E-state index contributed by atoms with van der Waals surface area (Å²) in [6, 6.07) is 12.0. The van der Waals surface area contributed by atoms with Gasteiger partial charge in [-0.1, -0.05) is 23.7 Å². The highest BCUT2D eigenvalue weighted by atomic mass is 35.5. The molecule has 0 aliphatic heterocycles. The van der Waals surface area contributed by atoms with Gasteiger partial charge in [0.05, 0.1) is 11.0 Å². The topological polar surface area (TPSA) is 108 Å². The fourth-order valence-electron chi connectivity index (χ4n) is 2.14. The van der Waals surface area contributed by atoms with Crippen LogP contribution >= 0.6 is 11.6 Å². The minimum Gasteiger partial charge on any atom is -0.482 e. The van der Waals surface area contributed by atoms with Crippen LogP contribution in [0.25, 0.3) is 0 Å². The standard InChI is InChI=1S/C18H17ClN2O6/c1-12(13-3-2-4-14(19)9-13)20-17(22)10-27-18(23)11-26-16-7-5-15(6-8-16)21(24)25/h2-9,12H,10-11H2,1H3,(H,20,22)/t12-/m0/s1. The van der Waals surface area contributed by atoms with E-state index in [1.54, 1.807) is 25.1 Å². The maximum absolute atomic E-state index is 11.9. The minimum atomic E-state index is -0.737. The van der Waals surface area contributed by atoms with Gasteiger partial charge in [-0.2, -0.15) is 0 Å². The zero-order chi connectivity index (χ0) is 19.8. The maximum Gasteiger partial charge on any atom is 0.344 e. The van der Waals surface area contributed by atoms with Gasteiger partial charge in [0.25, 0.3) is 11.6 Å². The molecule has 2 aromatic rings. The van der Waals surface area contributed by atoms with E-state index < -0.39 is 30.0 Å². The first-order valence-electron chi connectivity index (χ1n) is 7.93. The number of ether oxygens (including phenoxy) is 2. The third-order valence-electron chi connectivity index (χ3n) is 3.49. The maximum atomic E-state index is 11.9. The van der Waals surface area contributed by atoms with Crippen molar-refractivity contribution in [2.24, 2.45) is 0 Å². The quantitative estimate of drug-likeness (QED) is 0.420. The predicted molar refractivity (Wildman–Crippen MR) is 97.6 cm³/mol. The van der Waals surface area contributed by atoms with Gasteiger partial charge in [0.15, 0.2) is 13.2 Å². The van der Waals surface area contributed by atoms with Crippen LogP contribution in [0, 0.1) is 10.1 Å². The number of hydrogen-bond acceptors (Lipinski definition) is 6. The Balaban J connectivity index is 1.73. The summed E-state index contributed by atoms with van der Waals surface area (Å²) in [5, 5.41) is 13.8. The largest absolute Gasteiger partial charge is 0.482 e. The molecule has 0 heterocycles. The van der Waals surface area contributed by atoms with Crippen molar-refractivity contribution in [2.75, 3.05) is 13.2 Å². The zero-order valence-electron chi connectivity index (χ0n) is 14.4. The molecule has 2 rings (SSSR count). The smallest absolute Gasteiger partial charge is 0.344 e. The van der Waals surface area contributed by atoms with Crippen LogP contribution in [-0.4, -0.2) is 30.0 Å². The summed E-state index contributed by atoms with van der Waals surface area (Å²) < 4.78 is 9.99. The van der Waals surface area contributed by atoms with Gasteiger partial charge in [0.2, 0.25) is 0 Å². The molecule has 9 heteroatoms. The van der Waals surface area contributed by atoms with Gasteiger partial charge >= 0.3 is 5.97 Å². The van der Waals surface area contributed by atoms with Crippen LogP contribution in [-0.2, 0) is 14.3 Å². The number of carbonyl (C=O) groups is 2. The van der Waals surface area contributed by atoms with E-state index >= 15 is 0 Å². The Morgan fingerprint density at radius 2 is 1.89 bits per heavy atom. The first kappa shape index (κ1) is 20.2. The second-order valence-electron chi connectivity index (χ2n) is 5.54. The van der Waals surface area contributed by atoms with Crippen molar-refractivity contribution in [3.05, 3.63) is 69.2 Å². The van der Waals surface area contributed by atoms with E-state index in [4.69, 9.17) is 21.1 Å². The summed E-state index contributed by atoms with van der Waals surface area (Å²) in [6.45, 7) is 0.908. The van der Waals surface area contributed by atoms with Gasteiger partial charge < -0.3 is 14.8 Å². The molecule has 0 aromatic heterocycles. The molecule has 142 valence electrons. The van der Waals surface area contributed by atoms with E-state index in [1.807, 2.05) is 6.07 Å². The fourth-order valence-corrected chi connectivity index (χ4v) is 2.34. The molecule has 0 unspecified atom stereocenters. The van der Waals surface area contributed by atoms with Crippen LogP contribution in [0.1, 0.15) is 18.5 Å². The molecule has 27 heavy (non-hydrogen) atoms. The lowest BCUT2D eigenvalue weighted by molar-refractivity contribution is -0.384. The molecule has 0 fully saturated rings. The summed E-state index contributed by atoms with van der Waals surface area (Å²) in [4.78, 5) is 33.5. The number of hydrogen-bond donors (Lipinski definition) is 1. The molecule has 0 radical (unpaired) electrons. The second-order valence-corrected chi connectivity index (χ2v) is 5.98. The van der Waals surface area contributed by atoms with Crippen LogP contribution < -0.4 is 10.1 Å². The first-order valence-corrected chi connectivity index (χ1v) is 8.30. The van der Waals surface area contributed by atoms with Crippen molar-refractivity contribution in [1.29, 1.82) is 0 Å². The molecule has 0 aliphatic rings. The molecule has 1 amide bonds. The van der Waals surface area contributed by atoms with E-state index in [2.05, 4.69) is 5.32 Å². The normalized spacial score (nSPS) is 11.3. The van der Waals surface area contributed by atoms with Crippen LogP contribution in [0.2, 0.25) is 5.02 Å². The summed E-state index contributed by atoms with van der Waals surface area (Å²) in [5.74, 6) is -0.929. The Morgan fingerprint density at radius 3 is 2.52 bits per heavy atom. The van der Waals surface area contributed by atoms with Crippen LogP contribution in [0.3, 0.4) is 0 Å². The highest BCUT2D eigenvalue weighted by Gasteiger charge is 2.13. The Kier molecular flexibility index (Phi) is 7.13. The molecule has 0 spiro atoms. The predicted octanol–water partition coefficient (Wildman–Crippen LogP) is 3.05. The highest BCUT2D eigenvalue weighted by molar-refractivity contribution is 6.30. The minimum absolute atomic E-state index is 0.0876. The van der Waals surface area contributed by atoms with Gasteiger partial charge in [-0.25, -0.2) is 4.79 Å². The van der Waals surface area contributed by atoms with Gasteiger partial charge in [-0.3, -0.25) is 14.9 Å².